The molecule has 206 valence electrons. The molecule has 7 atom stereocenters. The molecule has 7 rings (SSSR count). The number of ether oxygens (including phenoxy) is 6. The molecule has 6 bridgehead atoms. The number of hydrogen-bond acceptors (Lipinski definition) is 9. The molecule has 0 aromatic heterocycles. The summed E-state index contributed by atoms with van der Waals surface area (Å²) in [5.41, 5.74) is -0.848. The Morgan fingerprint density at radius 1 is 1.05 bits per heavy atom. The van der Waals surface area contributed by atoms with Gasteiger partial charge in [0.05, 0.1) is 29.8 Å². The van der Waals surface area contributed by atoms with Crippen LogP contribution in [0, 0.1) is 23.7 Å². The van der Waals surface area contributed by atoms with Gasteiger partial charge in [-0.25, -0.2) is 9.59 Å². The van der Waals surface area contributed by atoms with Crippen LogP contribution in [0.15, 0.2) is 0 Å². The quantitative estimate of drug-likeness (QED) is 0.240. The minimum Gasteiger partial charge on any atom is -0.459 e. The third-order valence-electron chi connectivity index (χ3n) is 9.66. The van der Waals surface area contributed by atoms with Crippen molar-refractivity contribution in [3.8, 4) is 0 Å². The van der Waals surface area contributed by atoms with E-state index in [-0.39, 0.29) is 55.8 Å². The molecular weight excluding hydrogens is 494 g/mol. The molecule has 0 N–H and O–H groups in total. The molecule has 4 aliphatic carbocycles. The van der Waals surface area contributed by atoms with Gasteiger partial charge >= 0.3 is 23.8 Å². The number of esters is 3. The zero-order valence-corrected chi connectivity index (χ0v) is 21.1. The van der Waals surface area contributed by atoms with Crippen molar-refractivity contribution in [2.75, 3.05) is 19.8 Å². The Morgan fingerprint density at radius 2 is 1.78 bits per heavy atom. The van der Waals surface area contributed by atoms with Crippen molar-refractivity contribution < 1.29 is 51.6 Å². The van der Waals surface area contributed by atoms with E-state index in [1.54, 1.807) is 0 Å². The smallest absolute Gasteiger partial charge is 0.376 e. The topological polar surface area (TPSA) is 107 Å². The molecule has 0 radical (unpaired) electrons. The lowest BCUT2D eigenvalue weighted by molar-refractivity contribution is -0.262. The molecule has 0 spiro atoms. The second kappa shape index (κ2) is 8.84. The highest BCUT2D eigenvalue weighted by atomic mass is 19.3. The van der Waals surface area contributed by atoms with Gasteiger partial charge in [0, 0.05) is 6.92 Å². The maximum Gasteiger partial charge on any atom is 0.376 e. The first-order chi connectivity index (χ1) is 17.5. The summed E-state index contributed by atoms with van der Waals surface area (Å²) in [7, 11) is 0. The minimum absolute atomic E-state index is 0.0612. The van der Waals surface area contributed by atoms with Crippen LogP contribution in [0.5, 0.6) is 0 Å². The summed E-state index contributed by atoms with van der Waals surface area (Å²) in [5, 5.41) is 0. The monoisotopic (exact) mass is 528 g/mol. The fourth-order valence-electron chi connectivity index (χ4n) is 8.35. The van der Waals surface area contributed by atoms with E-state index in [4.69, 9.17) is 28.4 Å². The van der Waals surface area contributed by atoms with Crippen molar-refractivity contribution in [2.24, 2.45) is 23.7 Å². The van der Waals surface area contributed by atoms with Crippen molar-refractivity contribution in [2.45, 2.75) is 100 Å². The highest BCUT2D eigenvalue weighted by Gasteiger charge is 2.65. The summed E-state index contributed by atoms with van der Waals surface area (Å²) in [4.78, 5) is 36.0. The van der Waals surface area contributed by atoms with E-state index in [1.807, 2.05) is 0 Å². The fraction of sp³-hybridized carbons (Fsp3) is 0.885. The summed E-state index contributed by atoms with van der Waals surface area (Å²) in [6.07, 6.45) is 3.91. The number of alkyl halides is 2. The SMILES string of the molecule is CCC1(OCCOC(=O)C(C)(F)F)C2CC3CC1CC(OCC(=O)OC1C4CC5C(=O)OC1C5O4)(C3)C2. The van der Waals surface area contributed by atoms with E-state index >= 15 is 0 Å². The number of hydrogen-bond donors (Lipinski definition) is 0. The first kappa shape index (κ1) is 25.4. The molecule has 3 aliphatic heterocycles. The highest BCUT2D eigenvalue weighted by Crippen LogP contribution is 2.63. The molecule has 3 saturated heterocycles. The van der Waals surface area contributed by atoms with Crippen LogP contribution in [-0.4, -0.2) is 79.3 Å². The third kappa shape index (κ3) is 4.16. The van der Waals surface area contributed by atoms with E-state index < -0.39 is 41.3 Å². The molecule has 7 unspecified atom stereocenters. The van der Waals surface area contributed by atoms with Crippen LogP contribution in [0.25, 0.3) is 0 Å². The average molecular weight is 529 g/mol. The standard InChI is InChI=1S/C26H34F2O9/c1-3-26(33-5-4-32-23(31)24(2,27)28)14-6-13-7-15(26)11-25(9-13,10-14)34-12-18(29)36-20-17-8-16-19(35-17)21(20)37-22(16)30/h13-17,19-21H,3-12H2,1-2H3. The van der Waals surface area contributed by atoms with Crippen LogP contribution >= 0.6 is 0 Å². The molecule has 0 aromatic rings. The van der Waals surface area contributed by atoms with E-state index in [0.717, 1.165) is 38.5 Å². The third-order valence-corrected chi connectivity index (χ3v) is 9.66. The summed E-state index contributed by atoms with van der Waals surface area (Å²) in [6, 6.07) is 0. The van der Waals surface area contributed by atoms with Crippen LogP contribution < -0.4 is 0 Å². The largest absolute Gasteiger partial charge is 0.459 e. The molecule has 9 nitrogen and oxygen atoms in total. The van der Waals surface area contributed by atoms with Gasteiger partial charge in [-0.3, -0.25) is 4.79 Å². The average Bonchev–Trinajstić information content (AvgIpc) is 3.46. The van der Waals surface area contributed by atoms with E-state index in [0.29, 0.717) is 19.3 Å². The van der Waals surface area contributed by atoms with Gasteiger partial charge in [0.25, 0.3) is 0 Å². The molecule has 0 amide bonds. The number of carbonyl (C=O) groups excluding carboxylic acids is 3. The van der Waals surface area contributed by atoms with Gasteiger partial charge in [-0.1, -0.05) is 6.92 Å². The Hall–Kier alpha value is -1.85. The van der Waals surface area contributed by atoms with Gasteiger partial charge < -0.3 is 28.4 Å². The van der Waals surface area contributed by atoms with Crippen molar-refractivity contribution in [1.29, 1.82) is 0 Å². The summed E-state index contributed by atoms with van der Waals surface area (Å²) in [5.74, 6) is -5.18. The van der Waals surface area contributed by atoms with Crippen molar-refractivity contribution in [3.05, 3.63) is 0 Å². The minimum atomic E-state index is -3.52. The predicted molar refractivity (Wildman–Crippen MR) is 119 cm³/mol. The van der Waals surface area contributed by atoms with Gasteiger partial charge in [0.15, 0.2) is 12.2 Å². The maximum atomic E-state index is 13.1. The van der Waals surface area contributed by atoms with Crippen LogP contribution in [0.3, 0.4) is 0 Å². The molecule has 3 heterocycles. The lowest BCUT2D eigenvalue weighted by Gasteiger charge is -2.64. The molecule has 37 heavy (non-hydrogen) atoms. The first-order valence-corrected chi connectivity index (χ1v) is 13.4. The van der Waals surface area contributed by atoms with Crippen LogP contribution in [0.1, 0.15) is 58.8 Å². The lowest BCUT2D eigenvalue weighted by Crippen LogP contribution is -2.65. The highest BCUT2D eigenvalue weighted by molar-refractivity contribution is 5.78. The van der Waals surface area contributed by atoms with E-state index in [9.17, 15) is 23.2 Å². The predicted octanol–water partition coefficient (Wildman–Crippen LogP) is 2.57. The number of rotatable bonds is 10. The Labute approximate surface area is 213 Å². The fourth-order valence-corrected chi connectivity index (χ4v) is 8.35. The van der Waals surface area contributed by atoms with Crippen molar-refractivity contribution >= 4 is 17.9 Å². The van der Waals surface area contributed by atoms with Crippen LogP contribution in [-0.2, 0) is 42.8 Å². The van der Waals surface area contributed by atoms with Crippen molar-refractivity contribution in [3.63, 3.8) is 0 Å². The summed E-state index contributed by atoms with van der Waals surface area (Å²) >= 11 is 0. The van der Waals surface area contributed by atoms with Crippen LogP contribution in [0.2, 0.25) is 0 Å². The number of halogens is 2. The molecule has 7 aliphatic rings. The van der Waals surface area contributed by atoms with Gasteiger partial charge in [-0.15, -0.1) is 0 Å². The zero-order chi connectivity index (χ0) is 26.2. The van der Waals surface area contributed by atoms with E-state index in [2.05, 4.69) is 6.92 Å². The molecule has 4 saturated carbocycles. The van der Waals surface area contributed by atoms with Gasteiger partial charge in [0.1, 0.15) is 19.3 Å². The summed E-state index contributed by atoms with van der Waals surface area (Å²) < 4.78 is 60.3. The maximum absolute atomic E-state index is 13.1. The molecule has 7 fully saturated rings. The van der Waals surface area contributed by atoms with Gasteiger partial charge in [0.2, 0.25) is 0 Å². The van der Waals surface area contributed by atoms with Crippen molar-refractivity contribution in [1.82, 2.24) is 0 Å². The Balaban J connectivity index is 1.04. The normalized spacial score (nSPS) is 44.8. The molecule has 0 aromatic carbocycles. The number of carbonyl (C=O) groups is 3. The Morgan fingerprint density at radius 3 is 2.46 bits per heavy atom. The van der Waals surface area contributed by atoms with Gasteiger partial charge in [-0.2, -0.15) is 8.78 Å². The van der Waals surface area contributed by atoms with Gasteiger partial charge in [-0.05, 0) is 62.7 Å². The second-order valence-corrected chi connectivity index (χ2v) is 11.8. The first-order valence-electron chi connectivity index (χ1n) is 13.4. The zero-order valence-electron chi connectivity index (χ0n) is 21.1. The lowest BCUT2D eigenvalue weighted by atomic mass is 9.47. The van der Waals surface area contributed by atoms with Crippen LogP contribution in [0.4, 0.5) is 8.78 Å². The Kier molecular flexibility index (Phi) is 6.08. The molecular formula is C26H34F2O9. The number of fused-ring (bicyclic) bond motifs is 1. The Bertz CT molecular complexity index is 948. The molecule has 11 heteroatoms. The second-order valence-electron chi connectivity index (χ2n) is 11.8. The summed E-state index contributed by atoms with van der Waals surface area (Å²) in [6.45, 7) is 2.25. The van der Waals surface area contributed by atoms with E-state index in [1.165, 1.54) is 0 Å².